The van der Waals surface area contributed by atoms with Crippen molar-refractivity contribution in [2.24, 2.45) is 0 Å². The molecule has 56 heavy (non-hydrogen) atoms. The zero-order valence-electron chi connectivity index (χ0n) is 32.8. The normalized spacial score (nSPS) is 11.8. The van der Waals surface area contributed by atoms with Crippen molar-refractivity contribution in [2.75, 3.05) is 0 Å². The van der Waals surface area contributed by atoms with Gasteiger partial charge in [-0.2, -0.15) is 0 Å². The summed E-state index contributed by atoms with van der Waals surface area (Å²) >= 11 is 0. The van der Waals surface area contributed by atoms with E-state index in [1.165, 1.54) is 105 Å². The van der Waals surface area contributed by atoms with E-state index in [4.69, 9.17) is 0 Å². The average molecular weight is 722 g/mol. The van der Waals surface area contributed by atoms with Crippen molar-refractivity contribution < 1.29 is 0 Å². The predicted molar refractivity (Wildman–Crippen MR) is 238 cm³/mol. The van der Waals surface area contributed by atoms with Crippen LogP contribution in [0.1, 0.15) is 33.4 Å². The van der Waals surface area contributed by atoms with Crippen LogP contribution in [0.25, 0.3) is 88.4 Å². The minimum Gasteiger partial charge on any atom is -0.309 e. The van der Waals surface area contributed by atoms with Crippen LogP contribution in [0.2, 0.25) is 0 Å². The quantitative estimate of drug-likeness (QED) is 0.173. The number of aromatic nitrogens is 3. The van der Waals surface area contributed by atoms with Gasteiger partial charge in [-0.25, -0.2) is 0 Å². The summed E-state index contributed by atoms with van der Waals surface area (Å²) in [6, 6.07) is 51.8. The van der Waals surface area contributed by atoms with Crippen molar-refractivity contribution in [1.29, 1.82) is 0 Å². The highest BCUT2D eigenvalue weighted by atomic mass is 15.0. The maximum atomic E-state index is 4.61. The van der Waals surface area contributed by atoms with Gasteiger partial charge in [-0.1, -0.05) is 96.1 Å². The number of para-hydroxylation sites is 3. The zero-order chi connectivity index (χ0) is 38.2. The lowest BCUT2D eigenvalue weighted by Gasteiger charge is -2.25. The third-order valence-electron chi connectivity index (χ3n) is 11.7. The Hall–Kier alpha value is -6.71. The summed E-state index contributed by atoms with van der Waals surface area (Å²) in [6.07, 6.45) is 3.91. The van der Waals surface area contributed by atoms with Gasteiger partial charge in [0.2, 0.25) is 0 Å². The molecule has 3 nitrogen and oxygen atoms in total. The summed E-state index contributed by atoms with van der Waals surface area (Å²) < 4.78 is 4.90. The van der Waals surface area contributed by atoms with Crippen LogP contribution < -0.4 is 0 Å². The molecule has 0 unspecified atom stereocenters. The lowest BCUT2D eigenvalue weighted by Crippen LogP contribution is -2.05. The Labute approximate surface area is 328 Å². The molecular formula is C53H43N3. The van der Waals surface area contributed by atoms with Gasteiger partial charge in [-0.05, 0) is 141 Å². The molecule has 0 spiro atoms. The first-order valence-electron chi connectivity index (χ1n) is 19.5. The molecular weight excluding hydrogens is 679 g/mol. The lowest BCUT2D eigenvalue weighted by atomic mass is 9.84. The Balaban J connectivity index is 1.37. The van der Waals surface area contributed by atoms with Gasteiger partial charge in [0.15, 0.2) is 0 Å². The van der Waals surface area contributed by atoms with Gasteiger partial charge < -0.3 is 9.13 Å². The number of aryl methyl sites for hydroxylation is 6. The van der Waals surface area contributed by atoms with Crippen LogP contribution in [-0.4, -0.2) is 14.1 Å². The number of rotatable bonds is 5. The van der Waals surface area contributed by atoms with Crippen LogP contribution in [-0.2, 0) is 0 Å². The molecule has 3 heteroatoms. The number of hydrogen-bond acceptors (Lipinski definition) is 1. The summed E-state index contributed by atoms with van der Waals surface area (Å²) in [7, 11) is 0. The highest BCUT2D eigenvalue weighted by Crippen LogP contribution is 2.47. The molecule has 0 saturated carbocycles. The van der Waals surface area contributed by atoms with E-state index >= 15 is 0 Å². The Morgan fingerprint density at radius 2 is 0.893 bits per heavy atom. The van der Waals surface area contributed by atoms with E-state index in [-0.39, 0.29) is 0 Å². The molecule has 0 saturated heterocycles. The summed E-state index contributed by atoms with van der Waals surface area (Å²) in [4.78, 5) is 4.61. The molecule has 0 aliphatic heterocycles. The summed E-state index contributed by atoms with van der Waals surface area (Å²) in [6.45, 7) is 13.5. The van der Waals surface area contributed by atoms with Crippen molar-refractivity contribution >= 4 is 43.6 Å². The summed E-state index contributed by atoms with van der Waals surface area (Å²) in [5, 5.41) is 4.85. The van der Waals surface area contributed by atoms with Crippen molar-refractivity contribution in [3.63, 3.8) is 0 Å². The van der Waals surface area contributed by atoms with E-state index in [2.05, 4.69) is 195 Å². The second kappa shape index (κ2) is 13.0. The van der Waals surface area contributed by atoms with E-state index in [1.807, 2.05) is 12.4 Å². The van der Waals surface area contributed by atoms with Crippen LogP contribution >= 0.6 is 0 Å². The maximum absolute atomic E-state index is 4.61. The lowest BCUT2D eigenvalue weighted by molar-refractivity contribution is 1.17. The molecule has 0 amide bonds. The molecule has 7 aromatic carbocycles. The molecule has 10 rings (SSSR count). The molecule has 0 fully saturated rings. The Morgan fingerprint density at radius 1 is 0.393 bits per heavy atom. The molecule has 0 aliphatic rings. The molecule has 0 N–H and O–H groups in total. The first-order valence-corrected chi connectivity index (χ1v) is 19.5. The van der Waals surface area contributed by atoms with Crippen molar-refractivity contribution in [3.05, 3.63) is 185 Å². The molecule has 0 aliphatic carbocycles. The predicted octanol–water partition coefficient (Wildman–Crippen LogP) is 14.1. The van der Waals surface area contributed by atoms with Crippen LogP contribution in [0, 0.1) is 41.5 Å². The molecule has 0 bridgehead atoms. The third-order valence-corrected chi connectivity index (χ3v) is 11.7. The molecule has 0 atom stereocenters. The van der Waals surface area contributed by atoms with E-state index in [1.54, 1.807) is 0 Å². The fourth-order valence-corrected chi connectivity index (χ4v) is 9.70. The highest BCUT2D eigenvalue weighted by Gasteiger charge is 2.25. The van der Waals surface area contributed by atoms with Gasteiger partial charge in [0.1, 0.15) is 0 Å². The smallest absolute Gasteiger partial charge is 0.0619 e. The largest absolute Gasteiger partial charge is 0.309 e. The van der Waals surface area contributed by atoms with Crippen LogP contribution in [0.5, 0.6) is 0 Å². The fourth-order valence-electron chi connectivity index (χ4n) is 9.70. The first kappa shape index (κ1) is 33.8. The van der Waals surface area contributed by atoms with Gasteiger partial charge in [0.25, 0.3) is 0 Å². The first-order chi connectivity index (χ1) is 27.3. The number of fused-ring (bicyclic) bond motifs is 6. The van der Waals surface area contributed by atoms with Crippen molar-refractivity contribution in [1.82, 2.24) is 14.1 Å². The standard InChI is InChI=1S/C53H43N3/c1-32-24-34(3)51(35(4)25-32)44-29-39(38-20-21-49-43(28-38)46-31-54-23-22-50(46)55(49)40-14-8-7-9-15-40)30-45(52-36(5)26-33(2)27-37(52)6)53(44)56-47-18-12-10-16-41(47)42-17-11-13-19-48(42)56/h7-31H,1-6H3. The van der Waals surface area contributed by atoms with Gasteiger partial charge in [-0.3, -0.25) is 4.98 Å². The van der Waals surface area contributed by atoms with Gasteiger partial charge >= 0.3 is 0 Å². The van der Waals surface area contributed by atoms with Crippen LogP contribution in [0.3, 0.4) is 0 Å². The maximum Gasteiger partial charge on any atom is 0.0619 e. The Bertz CT molecular complexity index is 3010. The highest BCUT2D eigenvalue weighted by molar-refractivity contribution is 6.12. The van der Waals surface area contributed by atoms with Crippen molar-refractivity contribution in [3.8, 4) is 44.8 Å². The zero-order valence-corrected chi connectivity index (χ0v) is 32.8. The van der Waals surface area contributed by atoms with E-state index in [0.717, 1.165) is 16.6 Å². The molecule has 3 heterocycles. The molecule has 10 aromatic rings. The van der Waals surface area contributed by atoms with Crippen molar-refractivity contribution in [2.45, 2.75) is 41.5 Å². The molecule has 270 valence electrons. The van der Waals surface area contributed by atoms with Gasteiger partial charge in [0, 0.05) is 50.8 Å². The minimum absolute atomic E-state index is 1.14. The fraction of sp³-hybridized carbons (Fsp3) is 0.113. The number of hydrogen-bond donors (Lipinski definition) is 0. The monoisotopic (exact) mass is 721 g/mol. The summed E-state index contributed by atoms with van der Waals surface area (Å²) in [5.41, 5.74) is 22.1. The van der Waals surface area contributed by atoms with Crippen LogP contribution in [0.15, 0.2) is 152 Å². The van der Waals surface area contributed by atoms with E-state index in [0.29, 0.717) is 0 Å². The Morgan fingerprint density at radius 3 is 1.46 bits per heavy atom. The topological polar surface area (TPSA) is 22.8 Å². The third kappa shape index (κ3) is 5.22. The SMILES string of the molecule is Cc1cc(C)c(-c2cc(-c3ccc4c(c3)c3cnccc3n4-c3ccccc3)cc(-c3c(C)cc(C)cc3C)c2-n2c3ccccc3c3ccccc32)c(C)c1. The van der Waals surface area contributed by atoms with E-state index in [9.17, 15) is 0 Å². The average Bonchev–Trinajstić information content (AvgIpc) is 3.70. The second-order valence-electron chi connectivity index (χ2n) is 15.6. The van der Waals surface area contributed by atoms with Crippen LogP contribution in [0.4, 0.5) is 0 Å². The second-order valence-corrected chi connectivity index (χ2v) is 15.6. The molecule has 3 aromatic heterocycles. The Kier molecular flexibility index (Phi) is 7.83. The van der Waals surface area contributed by atoms with E-state index < -0.39 is 0 Å². The number of pyridine rings is 1. The molecule has 0 radical (unpaired) electrons. The minimum atomic E-state index is 1.14. The number of benzene rings is 7. The van der Waals surface area contributed by atoms with Gasteiger partial charge in [-0.15, -0.1) is 0 Å². The number of nitrogens with zero attached hydrogens (tertiary/aromatic N) is 3. The van der Waals surface area contributed by atoms with Gasteiger partial charge in [0.05, 0.1) is 27.8 Å². The summed E-state index contributed by atoms with van der Waals surface area (Å²) in [5.74, 6) is 0.